The zero-order valence-electron chi connectivity index (χ0n) is 15.4. The van der Waals surface area contributed by atoms with Gasteiger partial charge in [0.2, 0.25) is 0 Å². The molecule has 1 heterocycles. The standard InChI is InChI=1S/C21H24N2O3/c1-15-9-4-5-10-16(15)19(24)26-14-8-13-23-18-12-7-6-11-17(18)22-21(2,3)20(23)25/h4-7,9-12,22H,8,13-14H2,1-3H3. The van der Waals surface area contributed by atoms with Gasteiger partial charge in [-0.05, 0) is 51.0 Å². The van der Waals surface area contributed by atoms with Gasteiger partial charge in [0.15, 0.2) is 0 Å². The van der Waals surface area contributed by atoms with Gasteiger partial charge in [-0.2, -0.15) is 0 Å². The monoisotopic (exact) mass is 352 g/mol. The number of nitrogens with one attached hydrogen (secondary N) is 1. The highest BCUT2D eigenvalue weighted by atomic mass is 16.5. The van der Waals surface area contributed by atoms with Crippen LogP contribution in [0.4, 0.5) is 11.4 Å². The maximum Gasteiger partial charge on any atom is 0.338 e. The van der Waals surface area contributed by atoms with Crippen molar-refractivity contribution in [3.63, 3.8) is 0 Å². The predicted molar refractivity (Wildman–Crippen MR) is 103 cm³/mol. The fraction of sp³-hybridized carbons (Fsp3) is 0.333. The molecule has 3 rings (SSSR count). The molecule has 0 spiro atoms. The third-order valence-corrected chi connectivity index (χ3v) is 4.55. The Morgan fingerprint density at radius 2 is 1.81 bits per heavy atom. The van der Waals surface area contributed by atoms with Crippen LogP contribution in [0, 0.1) is 6.92 Å². The first-order valence-electron chi connectivity index (χ1n) is 8.82. The number of nitrogens with zero attached hydrogens (tertiary/aromatic N) is 1. The predicted octanol–water partition coefficient (Wildman–Crippen LogP) is 3.78. The lowest BCUT2D eigenvalue weighted by Crippen LogP contribution is -2.54. The molecule has 0 atom stereocenters. The van der Waals surface area contributed by atoms with E-state index in [1.807, 2.05) is 63.2 Å². The number of carbonyl (C=O) groups is 2. The Balaban J connectivity index is 1.62. The number of benzene rings is 2. The summed E-state index contributed by atoms with van der Waals surface area (Å²) in [5, 5.41) is 3.28. The third-order valence-electron chi connectivity index (χ3n) is 4.55. The average molecular weight is 352 g/mol. The van der Waals surface area contributed by atoms with Crippen molar-refractivity contribution in [3.05, 3.63) is 59.7 Å². The van der Waals surface area contributed by atoms with Crippen molar-refractivity contribution in [1.29, 1.82) is 0 Å². The van der Waals surface area contributed by atoms with Gasteiger partial charge in [-0.25, -0.2) is 4.79 Å². The van der Waals surface area contributed by atoms with Crippen LogP contribution in [0.1, 0.15) is 36.2 Å². The van der Waals surface area contributed by atoms with Crippen LogP contribution in [0.2, 0.25) is 0 Å². The highest BCUT2D eigenvalue weighted by molar-refractivity contribution is 6.07. The van der Waals surface area contributed by atoms with Gasteiger partial charge in [-0.3, -0.25) is 4.79 Å². The van der Waals surface area contributed by atoms with E-state index in [0.29, 0.717) is 18.5 Å². The summed E-state index contributed by atoms with van der Waals surface area (Å²) in [5.74, 6) is -0.308. The molecule has 1 aliphatic heterocycles. The molecule has 5 nitrogen and oxygen atoms in total. The number of anilines is 2. The number of hydrogen-bond acceptors (Lipinski definition) is 4. The van der Waals surface area contributed by atoms with Gasteiger partial charge in [-0.1, -0.05) is 30.3 Å². The van der Waals surface area contributed by atoms with E-state index in [2.05, 4.69) is 5.32 Å². The van der Waals surface area contributed by atoms with Crippen LogP contribution in [0.5, 0.6) is 0 Å². The summed E-state index contributed by atoms with van der Waals surface area (Å²) in [4.78, 5) is 26.7. The van der Waals surface area contributed by atoms with Gasteiger partial charge in [0.05, 0.1) is 23.5 Å². The summed E-state index contributed by atoms with van der Waals surface area (Å²) >= 11 is 0. The number of fused-ring (bicyclic) bond motifs is 1. The van der Waals surface area contributed by atoms with Crippen LogP contribution >= 0.6 is 0 Å². The largest absolute Gasteiger partial charge is 0.462 e. The minimum absolute atomic E-state index is 0.0152. The van der Waals surface area contributed by atoms with Gasteiger partial charge in [-0.15, -0.1) is 0 Å². The lowest BCUT2D eigenvalue weighted by atomic mass is 9.98. The highest BCUT2D eigenvalue weighted by Crippen LogP contribution is 2.34. The molecule has 26 heavy (non-hydrogen) atoms. The first kappa shape index (κ1) is 18.0. The van der Waals surface area contributed by atoms with Crippen molar-refractivity contribution in [2.24, 2.45) is 0 Å². The third kappa shape index (κ3) is 3.57. The minimum atomic E-state index is -0.661. The summed E-state index contributed by atoms with van der Waals surface area (Å²) in [6.45, 7) is 6.40. The number of carbonyl (C=O) groups excluding carboxylic acids is 2. The van der Waals surface area contributed by atoms with Crippen molar-refractivity contribution < 1.29 is 14.3 Å². The van der Waals surface area contributed by atoms with E-state index in [1.165, 1.54) is 0 Å². The second-order valence-electron chi connectivity index (χ2n) is 7.03. The lowest BCUT2D eigenvalue weighted by molar-refractivity contribution is -0.122. The molecule has 1 amide bonds. The van der Waals surface area contributed by atoms with Gasteiger partial charge < -0.3 is 15.0 Å². The van der Waals surface area contributed by atoms with E-state index < -0.39 is 5.54 Å². The zero-order chi connectivity index (χ0) is 18.7. The summed E-state index contributed by atoms with van der Waals surface area (Å²) < 4.78 is 5.38. The number of aryl methyl sites for hydroxylation is 1. The minimum Gasteiger partial charge on any atom is -0.462 e. The smallest absolute Gasteiger partial charge is 0.338 e. The van der Waals surface area contributed by atoms with Crippen molar-refractivity contribution in [2.45, 2.75) is 32.7 Å². The van der Waals surface area contributed by atoms with Crippen LogP contribution in [0.25, 0.3) is 0 Å². The Morgan fingerprint density at radius 1 is 1.12 bits per heavy atom. The number of rotatable bonds is 5. The number of esters is 1. The Kier molecular flexibility index (Phi) is 4.98. The van der Waals surface area contributed by atoms with E-state index in [1.54, 1.807) is 11.0 Å². The molecule has 0 saturated carbocycles. The highest BCUT2D eigenvalue weighted by Gasteiger charge is 2.38. The van der Waals surface area contributed by atoms with Crippen LogP contribution in [0.15, 0.2) is 48.5 Å². The second-order valence-corrected chi connectivity index (χ2v) is 7.03. The first-order valence-corrected chi connectivity index (χ1v) is 8.82. The van der Waals surface area contributed by atoms with Crippen LogP contribution in [0.3, 0.4) is 0 Å². The molecule has 5 heteroatoms. The van der Waals surface area contributed by atoms with Crippen molar-refractivity contribution in [1.82, 2.24) is 0 Å². The Hall–Kier alpha value is -2.82. The molecular weight excluding hydrogens is 328 g/mol. The zero-order valence-corrected chi connectivity index (χ0v) is 15.4. The molecule has 0 radical (unpaired) electrons. The molecule has 0 fully saturated rings. The molecule has 1 N–H and O–H groups in total. The second kappa shape index (κ2) is 7.20. The Bertz CT molecular complexity index is 830. The molecule has 0 unspecified atom stereocenters. The summed E-state index contributed by atoms with van der Waals surface area (Å²) in [5.41, 5.74) is 2.62. The maximum absolute atomic E-state index is 12.8. The normalized spacial score (nSPS) is 15.2. The molecule has 2 aromatic carbocycles. The number of hydrogen-bond donors (Lipinski definition) is 1. The number of amides is 1. The summed E-state index contributed by atoms with van der Waals surface area (Å²) in [6.07, 6.45) is 0.577. The topological polar surface area (TPSA) is 58.6 Å². The fourth-order valence-corrected chi connectivity index (χ4v) is 3.14. The molecule has 0 saturated heterocycles. The van der Waals surface area contributed by atoms with E-state index in [9.17, 15) is 9.59 Å². The van der Waals surface area contributed by atoms with Gasteiger partial charge >= 0.3 is 5.97 Å². The van der Waals surface area contributed by atoms with Crippen molar-refractivity contribution in [3.8, 4) is 0 Å². The molecule has 136 valence electrons. The van der Waals surface area contributed by atoms with E-state index in [0.717, 1.165) is 16.9 Å². The molecular formula is C21H24N2O3. The summed E-state index contributed by atoms with van der Waals surface area (Å²) in [6, 6.07) is 15.1. The first-order chi connectivity index (χ1) is 12.4. The quantitative estimate of drug-likeness (QED) is 0.657. The fourth-order valence-electron chi connectivity index (χ4n) is 3.14. The van der Waals surface area contributed by atoms with Crippen LogP contribution in [-0.4, -0.2) is 30.6 Å². The average Bonchev–Trinajstić information content (AvgIpc) is 2.61. The van der Waals surface area contributed by atoms with Gasteiger partial charge in [0.1, 0.15) is 5.54 Å². The molecule has 0 bridgehead atoms. The number of ether oxygens (including phenoxy) is 1. The van der Waals surface area contributed by atoms with Crippen molar-refractivity contribution >= 4 is 23.3 Å². The Morgan fingerprint density at radius 3 is 2.58 bits per heavy atom. The summed E-state index contributed by atoms with van der Waals surface area (Å²) in [7, 11) is 0. The molecule has 0 aliphatic carbocycles. The van der Waals surface area contributed by atoms with E-state index >= 15 is 0 Å². The maximum atomic E-state index is 12.8. The van der Waals surface area contributed by atoms with Gasteiger partial charge in [0.25, 0.3) is 5.91 Å². The lowest BCUT2D eigenvalue weighted by Gasteiger charge is -2.40. The van der Waals surface area contributed by atoms with Crippen molar-refractivity contribution in [2.75, 3.05) is 23.4 Å². The van der Waals surface area contributed by atoms with Gasteiger partial charge in [0, 0.05) is 6.54 Å². The number of para-hydroxylation sites is 2. The SMILES string of the molecule is Cc1ccccc1C(=O)OCCCN1C(=O)C(C)(C)Nc2ccccc21. The van der Waals surface area contributed by atoms with E-state index in [4.69, 9.17) is 4.74 Å². The molecule has 2 aromatic rings. The van der Waals surface area contributed by atoms with Crippen LogP contribution < -0.4 is 10.2 Å². The van der Waals surface area contributed by atoms with E-state index in [-0.39, 0.29) is 18.5 Å². The van der Waals surface area contributed by atoms with Crippen LogP contribution in [-0.2, 0) is 9.53 Å². The molecule has 0 aromatic heterocycles. The Labute approximate surface area is 154 Å². The molecule has 1 aliphatic rings.